The number of hydrogen-bond acceptors (Lipinski definition) is 4. The normalized spacial score (nSPS) is 18.9. The van der Waals surface area contributed by atoms with E-state index in [0.717, 1.165) is 6.08 Å². The molecule has 0 fully saturated rings. The van der Waals surface area contributed by atoms with Crippen LogP contribution in [0, 0.1) is 5.21 Å². The standard InChI is InChI=1S/C12H12N2O3/c15-12(16)8-6-11(7-9-12)14(17)13-10-4-2-1-3-5-10/h1-8,15-16H,9H2. The van der Waals surface area contributed by atoms with E-state index in [1.165, 1.54) is 12.2 Å². The number of rotatable bonds is 2. The SMILES string of the molecule is [O-][N+](=Nc1ccccc1)C1=CCC(O)(O)C=C1. The van der Waals surface area contributed by atoms with Gasteiger partial charge in [0, 0.05) is 17.6 Å². The van der Waals surface area contributed by atoms with Gasteiger partial charge in [-0.3, -0.25) is 0 Å². The van der Waals surface area contributed by atoms with Crippen LogP contribution < -0.4 is 0 Å². The summed E-state index contributed by atoms with van der Waals surface area (Å²) >= 11 is 0. The van der Waals surface area contributed by atoms with Crippen molar-refractivity contribution in [3.63, 3.8) is 0 Å². The molecule has 1 aromatic rings. The zero-order valence-electron chi connectivity index (χ0n) is 9.02. The van der Waals surface area contributed by atoms with E-state index in [-0.39, 0.29) is 12.1 Å². The molecule has 0 radical (unpaired) electrons. The Balaban J connectivity index is 2.18. The van der Waals surface area contributed by atoms with Gasteiger partial charge in [0.2, 0.25) is 5.70 Å². The summed E-state index contributed by atoms with van der Waals surface area (Å²) in [4.78, 5) is 0.459. The molecule has 0 bridgehead atoms. The van der Waals surface area contributed by atoms with Crippen molar-refractivity contribution < 1.29 is 15.1 Å². The lowest BCUT2D eigenvalue weighted by Crippen LogP contribution is -2.26. The van der Waals surface area contributed by atoms with Gasteiger partial charge in [-0.15, -0.1) is 0 Å². The molecule has 1 aromatic carbocycles. The number of aliphatic hydroxyl groups is 2. The van der Waals surface area contributed by atoms with Crippen LogP contribution in [0.5, 0.6) is 0 Å². The van der Waals surface area contributed by atoms with Crippen molar-refractivity contribution in [3.8, 4) is 0 Å². The molecule has 2 N–H and O–H groups in total. The highest BCUT2D eigenvalue weighted by Gasteiger charge is 2.23. The van der Waals surface area contributed by atoms with E-state index >= 15 is 0 Å². The minimum absolute atomic E-state index is 0.0259. The Hall–Kier alpha value is -1.98. The molecule has 0 heterocycles. The zero-order valence-corrected chi connectivity index (χ0v) is 9.02. The monoisotopic (exact) mass is 232 g/mol. The molecule has 0 saturated carbocycles. The van der Waals surface area contributed by atoms with Crippen LogP contribution in [0.2, 0.25) is 0 Å². The fraction of sp³-hybridized carbons (Fsp3) is 0.167. The van der Waals surface area contributed by atoms with Gasteiger partial charge in [-0.25, -0.2) is 0 Å². The average Bonchev–Trinajstić information content (AvgIpc) is 2.30. The molecular weight excluding hydrogens is 220 g/mol. The van der Waals surface area contributed by atoms with Gasteiger partial charge >= 0.3 is 0 Å². The smallest absolute Gasteiger partial charge is 0.241 e. The molecule has 1 aliphatic carbocycles. The maximum Gasteiger partial charge on any atom is 0.241 e. The Morgan fingerprint density at radius 1 is 1.24 bits per heavy atom. The molecule has 17 heavy (non-hydrogen) atoms. The molecule has 0 unspecified atom stereocenters. The summed E-state index contributed by atoms with van der Waals surface area (Å²) in [5, 5.41) is 33.9. The quantitative estimate of drug-likeness (QED) is 0.353. The van der Waals surface area contributed by atoms with E-state index in [1.807, 2.05) is 6.07 Å². The first kappa shape index (κ1) is 11.5. The predicted octanol–water partition coefficient (Wildman–Crippen LogP) is 1.81. The van der Waals surface area contributed by atoms with Crippen molar-refractivity contribution >= 4 is 5.69 Å². The van der Waals surface area contributed by atoms with Crippen molar-refractivity contribution in [2.24, 2.45) is 5.11 Å². The highest BCUT2D eigenvalue weighted by molar-refractivity contribution is 5.34. The molecule has 0 spiro atoms. The molecule has 0 aromatic heterocycles. The number of hydroxylamine groups is 1. The third-order valence-electron chi connectivity index (χ3n) is 2.32. The summed E-state index contributed by atoms with van der Waals surface area (Å²) < 4.78 is 0. The molecule has 2 rings (SSSR count). The second-order valence-corrected chi connectivity index (χ2v) is 3.75. The van der Waals surface area contributed by atoms with E-state index in [1.54, 1.807) is 24.3 Å². The molecule has 0 amide bonds. The summed E-state index contributed by atoms with van der Waals surface area (Å²) in [5.74, 6) is -1.86. The van der Waals surface area contributed by atoms with Crippen LogP contribution in [0.1, 0.15) is 6.42 Å². The maximum atomic E-state index is 11.6. The molecular formula is C12H12N2O3. The third kappa shape index (κ3) is 2.99. The van der Waals surface area contributed by atoms with E-state index in [0.29, 0.717) is 10.5 Å². The van der Waals surface area contributed by atoms with E-state index in [2.05, 4.69) is 5.11 Å². The highest BCUT2D eigenvalue weighted by atomic mass is 16.5. The molecule has 1 aliphatic rings. The molecule has 0 atom stereocenters. The number of azo groups is 1. The van der Waals surface area contributed by atoms with Crippen LogP contribution in [0.25, 0.3) is 0 Å². The lowest BCUT2D eigenvalue weighted by molar-refractivity contribution is -0.468. The summed E-state index contributed by atoms with van der Waals surface area (Å²) in [6, 6.07) is 8.81. The van der Waals surface area contributed by atoms with Crippen LogP contribution in [-0.2, 0) is 0 Å². The van der Waals surface area contributed by atoms with Gasteiger partial charge < -0.3 is 15.4 Å². The fourth-order valence-electron chi connectivity index (χ4n) is 1.41. The van der Waals surface area contributed by atoms with Crippen molar-refractivity contribution in [3.05, 3.63) is 59.5 Å². The Labute approximate surface area is 98.2 Å². The lowest BCUT2D eigenvalue weighted by atomic mass is 10.1. The number of hydrogen-bond donors (Lipinski definition) is 2. The minimum atomic E-state index is -1.86. The van der Waals surface area contributed by atoms with Gasteiger partial charge in [0.1, 0.15) is 5.69 Å². The number of benzene rings is 1. The summed E-state index contributed by atoms with van der Waals surface area (Å²) in [5.41, 5.74) is 0.828. The molecule has 88 valence electrons. The zero-order chi connectivity index (χ0) is 12.3. The van der Waals surface area contributed by atoms with Crippen LogP contribution in [0.3, 0.4) is 0 Å². The van der Waals surface area contributed by atoms with Crippen LogP contribution >= 0.6 is 0 Å². The number of nitrogens with zero attached hydrogens (tertiary/aromatic N) is 2. The Morgan fingerprint density at radius 2 is 1.94 bits per heavy atom. The average molecular weight is 232 g/mol. The molecule has 0 saturated heterocycles. The highest BCUT2D eigenvalue weighted by Crippen LogP contribution is 2.20. The molecule has 0 aliphatic heterocycles. The first-order valence-corrected chi connectivity index (χ1v) is 5.15. The van der Waals surface area contributed by atoms with Gasteiger partial charge in [0.05, 0.1) is 0 Å². The largest absolute Gasteiger partial charge is 0.594 e. The Bertz CT molecular complexity index is 490. The van der Waals surface area contributed by atoms with Crippen LogP contribution in [0.4, 0.5) is 5.69 Å². The van der Waals surface area contributed by atoms with Gasteiger partial charge in [-0.2, -0.15) is 0 Å². The van der Waals surface area contributed by atoms with E-state index < -0.39 is 5.79 Å². The van der Waals surface area contributed by atoms with Crippen molar-refractivity contribution in [1.82, 2.24) is 0 Å². The summed E-state index contributed by atoms with van der Waals surface area (Å²) in [6.45, 7) is 0. The first-order valence-electron chi connectivity index (χ1n) is 5.15. The van der Waals surface area contributed by atoms with Gasteiger partial charge in [0.25, 0.3) is 0 Å². The Morgan fingerprint density at radius 3 is 2.53 bits per heavy atom. The third-order valence-corrected chi connectivity index (χ3v) is 2.32. The second kappa shape index (κ2) is 4.48. The fourth-order valence-corrected chi connectivity index (χ4v) is 1.41. The van der Waals surface area contributed by atoms with Crippen LogP contribution in [-0.4, -0.2) is 20.9 Å². The first-order chi connectivity index (χ1) is 8.07. The van der Waals surface area contributed by atoms with Gasteiger partial charge in [-0.1, -0.05) is 23.1 Å². The summed E-state index contributed by atoms with van der Waals surface area (Å²) in [7, 11) is 0. The van der Waals surface area contributed by atoms with Crippen molar-refractivity contribution in [2.45, 2.75) is 12.2 Å². The van der Waals surface area contributed by atoms with Crippen molar-refractivity contribution in [1.29, 1.82) is 0 Å². The van der Waals surface area contributed by atoms with Crippen LogP contribution in [0.15, 0.2) is 59.4 Å². The Kier molecular flexibility index (Phi) is 3.03. The number of allylic oxidation sites excluding steroid dienone is 1. The van der Waals surface area contributed by atoms with Gasteiger partial charge in [-0.05, 0) is 24.3 Å². The molecule has 5 heteroatoms. The summed E-state index contributed by atoms with van der Waals surface area (Å²) in [6.07, 6.45) is 3.90. The lowest BCUT2D eigenvalue weighted by Gasteiger charge is -2.17. The second-order valence-electron chi connectivity index (χ2n) is 3.75. The minimum Gasteiger partial charge on any atom is -0.594 e. The maximum absolute atomic E-state index is 11.6. The van der Waals surface area contributed by atoms with Gasteiger partial charge in [0.15, 0.2) is 5.79 Å². The predicted molar refractivity (Wildman–Crippen MR) is 61.2 cm³/mol. The molecule has 5 nitrogen and oxygen atoms in total. The van der Waals surface area contributed by atoms with Crippen molar-refractivity contribution in [2.75, 3.05) is 0 Å². The topological polar surface area (TPSA) is 78.9 Å². The van der Waals surface area contributed by atoms with E-state index in [9.17, 15) is 15.4 Å². The van der Waals surface area contributed by atoms with E-state index in [4.69, 9.17) is 0 Å².